The zero-order valence-electron chi connectivity index (χ0n) is 34.1. The smallest absolute Gasteiger partial charge is 0.145 e. The quantitative estimate of drug-likeness (QED) is 0.182. The van der Waals surface area contributed by atoms with E-state index in [0.717, 1.165) is 46.0 Å². The number of hydrogen-bond acceptors (Lipinski definition) is 3. The highest BCUT2D eigenvalue weighted by molar-refractivity contribution is 6.13. The number of nitrogens with one attached hydrogen (secondary N) is 1. The molecule has 1 spiro atoms. The number of allylic oxidation sites excluding steroid dienone is 5. The van der Waals surface area contributed by atoms with Crippen molar-refractivity contribution in [2.75, 3.05) is 0 Å². The molecule has 2 aliphatic carbocycles. The van der Waals surface area contributed by atoms with Crippen molar-refractivity contribution < 1.29 is 4.74 Å². The predicted octanol–water partition coefficient (Wildman–Crippen LogP) is 14.1. The first-order chi connectivity index (χ1) is 30.7. The molecule has 0 aromatic heterocycles. The van der Waals surface area contributed by atoms with Crippen molar-refractivity contribution >= 4 is 17.0 Å². The van der Waals surface area contributed by atoms with E-state index >= 15 is 0 Å². The Morgan fingerprint density at radius 3 is 1.73 bits per heavy atom. The molecule has 3 nitrogen and oxygen atoms in total. The maximum absolute atomic E-state index is 6.60. The second-order valence-corrected chi connectivity index (χ2v) is 16.6. The van der Waals surface area contributed by atoms with Crippen LogP contribution in [0, 0.1) is 0 Å². The molecule has 2 aliphatic heterocycles. The molecular weight excluding hydrogens is 753 g/mol. The minimum Gasteiger partial charge on any atom is -0.457 e. The van der Waals surface area contributed by atoms with Gasteiger partial charge in [-0.2, -0.15) is 0 Å². The second-order valence-electron chi connectivity index (χ2n) is 16.6. The fourth-order valence-corrected chi connectivity index (χ4v) is 10.3. The summed E-state index contributed by atoms with van der Waals surface area (Å²) in [6.07, 6.45) is 7.72. The zero-order chi connectivity index (χ0) is 41.0. The van der Waals surface area contributed by atoms with Gasteiger partial charge < -0.3 is 10.1 Å². The minimum absolute atomic E-state index is 0.189. The van der Waals surface area contributed by atoms with Crippen molar-refractivity contribution in [3.8, 4) is 33.8 Å². The summed E-state index contributed by atoms with van der Waals surface area (Å²) in [5.41, 5.74) is 18.9. The molecule has 3 heteroatoms. The Labute approximate surface area is 362 Å². The Kier molecular flexibility index (Phi) is 8.60. The lowest BCUT2D eigenvalue weighted by Gasteiger charge is -2.42. The first-order valence-corrected chi connectivity index (χ1v) is 21.6. The molecule has 12 rings (SSSR count). The van der Waals surface area contributed by atoms with Crippen LogP contribution in [0.4, 0.5) is 0 Å². The van der Waals surface area contributed by atoms with E-state index in [9.17, 15) is 0 Å². The van der Waals surface area contributed by atoms with Crippen LogP contribution in [0.25, 0.3) is 33.5 Å². The first-order valence-electron chi connectivity index (χ1n) is 21.6. The number of benzene rings is 8. The Morgan fingerprint density at radius 2 is 1.02 bits per heavy atom. The minimum atomic E-state index is -0.428. The topological polar surface area (TPSA) is 33.6 Å². The molecule has 0 bridgehead atoms. The molecule has 62 heavy (non-hydrogen) atoms. The van der Waals surface area contributed by atoms with Crippen LogP contribution in [0.2, 0.25) is 0 Å². The fourth-order valence-electron chi connectivity index (χ4n) is 10.3. The molecule has 0 saturated heterocycles. The van der Waals surface area contributed by atoms with Gasteiger partial charge in [0.2, 0.25) is 0 Å². The van der Waals surface area contributed by atoms with E-state index < -0.39 is 5.41 Å². The van der Waals surface area contributed by atoms with Crippen LogP contribution in [0.1, 0.15) is 63.0 Å². The van der Waals surface area contributed by atoms with Crippen LogP contribution >= 0.6 is 0 Å². The van der Waals surface area contributed by atoms with Gasteiger partial charge in [0, 0.05) is 22.7 Å². The summed E-state index contributed by atoms with van der Waals surface area (Å²) >= 11 is 0. The number of rotatable bonds is 6. The molecule has 4 aliphatic rings. The summed E-state index contributed by atoms with van der Waals surface area (Å²) < 4.78 is 6.60. The summed E-state index contributed by atoms with van der Waals surface area (Å²) in [4.78, 5) is 5.15. The van der Waals surface area contributed by atoms with Gasteiger partial charge in [0.05, 0.1) is 11.1 Å². The highest BCUT2D eigenvalue weighted by atomic mass is 16.5. The van der Waals surface area contributed by atoms with Gasteiger partial charge in [-0.25, -0.2) is 0 Å². The van der Waals surface area contributed by atoms with E-state index in [4.69, 9.17) is 9.73 Å². The molecule has 2 heterocycles. The predicted molar refractivity (Wildman–Crippen MR) is 253 cm³/mol. The lowest BCUT2D eigenvalue weighted by molar-refractivity contribution is 0.431. The fraction of sp³-hybridized carbons (Fsp3) is 0.0678. The second kappa shape index (κ2) is 14.8. The summed E-state index contributed by atoms with van der Waals surface area (Å²) in [7, 11) is 0. The van der Waals surface area contributed by atoms with Crippen molar-refractivity contribution in [1.29, 1.82) is 0 Å². The van der Waals surface area contributed by atoms with E-state index in [0.29, 0.717) is 0 Å². The van der Waals surface area contributed by atoms with Crippen LogP contribution in [0.5, 0.6) is 11.5 Å². The number of hydrogen-bond donors (Lipinski definition) is 1. The van der Waals surface area contributed by atoms with E-state index in [2.05, 4.69) is 218 Å². The van der Waals surface area contributed by atoms with E-state index in [1.165, 1.54) is 61.2 Å². The van der Waals surface area contributed by atoms with E-state index in [1.807, 2.05) is 12.1 Å². The van der Waals surface area contributed by atoms with Crippen molar-refractivity contribution in [2.45, 2.75) is 23.9 Å². The third kappa shape index (κ3) is 5.92. The molecule has 2 atom stereocenters. The zero-order valence-corrected chi connectivity index (χ0v) is 34.1. The number of fused-ring (bicyclic) bond motifs is 8. The Morgan fingerprint density at radius 1 is 0.484 bits per heavy atom. The normalized spacial score (nSPS) is 17.7. The Hall–Kier alpha value is -7.75. The maximum Gasteiger partial charge on any atom is 0.145 e. The summed E-state index contributed by atoms with van der Waals surface area (Å²) in [6, 6.07) is 74.2. The number of nitrogens with zero attached hydrogens (tertiary/aromatic N) is 1. The van der Waals surface area contributed by atoms with Gasteiger partial charge in [-0.1, -0.05) is 194 Å². The average Bonchev–Trinajstić information content (AvgIpc) is 3.64. The van der Waals surface area contributed by atoms with Gasteiger partial charge in [0.15, 0.2) is 0 Å². The highest BCUT2D eigenvalue weighted by Crippen LogP contribution is 2.63. The molecular formula is C59H42N2O. The molecule has 2 unspecified atom stereocenters. The molecule has 0 radical (unpaired) electrons. The largest absolute Gasteiger partial charge is 0.457 e. The van der Waals surface area contributed by atoms with Gasteiger partial charge in [-0.05, 0) is 104 Å². The number of para-hydroxylation sites is 2. The van der Waals surface area contributed by atoms with Crippen LogP contribution in [0.3, 0.4) is 0 Å². The molecule has 0 fully saturated rings. The van der Waals surface area contributed by atoms with Crippen molar-refractivity contribution in [1.82, 2.24) is 5.32 Å². The van der Waals surface area contributed by atoms with Crippen LogP contribution in [-0.2, 0) is 5.41 Å². The van der Waals surface area contributed by atoms with Gasteiger partial charge in [0.1, 0.15) is 17.7 Å². The van der Waals surface area contributed by atoms with Gasteiger partial charge in [-0.15, -0.1) is 0 Å². The third-order valence-corrected chi connectivity index (χ3v) is 13.2. The molecule has 1 N–H and O–H groups in total. The maximum atomic E-state index is 6.60. The summed E-state index contributed by atoms with van der Waals surface area (Å²) in [5.74, 6) is 2.08. The van der Waals surface area contributed by atoms with Gasteiger partial charge >= 0.3 is 0 Å². The summed E-state index contributed by atoms with van der Waals surface area (Å²) in [6.45, 7) is 0. The highest BCUT2D eigenvalue weighted by Gasteiger charge is 2.52. The first kappa shape index (κ1) is 36.1. The van der Waals surface area contributed by atoms with Crippen molar-refractivity contribution in [3.63, 3.8) is 0 Å². The lowest BCUT2D eigenvalue weighted by atomic mass is 9.63. The van der Waals surface area contributed by atoms with Gasteiger partial charge in [-0.3, -0.25) is 4.99 Å². The number of ether oxygens (including phenoxy) is 1. The molecule has 294 valence electrons. The van der Waals surface area contributed by atoms with Crippen molar-refractivity contribution in [2.24, 2.45) is 4.99 Å². The average molecular weight is 795 g/mol. The number of aliphatic imine (C=N–C) groups is 1. The van der Waals surface area contributed by atoms with Gasteiger partial charge in [0.25, 0.3) is 0 Å². The molecule has 8 aromatic rings. The van der Waals surface area contributed by atoms with Crippen LogP contribution in [0.15, 0.2) is 235 Å². The van der Waals surface area contributed by atoms with E-state index in [1.54, 1.807) is 0 Å². The summed E-state index contributed by atoms with van der Waals surface area (Å²) in [5, 5.41) is 3.75. The lowest BCUT2D eigenvalue weighted by Crippen LogP contribution is -2.34. The van der Waals surface area contributed by atoms with E-state index in [-0.39, 0.29) is 12.1 Å². The van der Waals surface area contributed by atoms with Crippen LogP contribution < -0.4 is 10.1 Å². The Bertz CT molecular complexity index is 3130. The monoisotopic (exact) mass is 794 g/mol. The molecule has 8 aromatic carbocycles. The molecule has 0 saturated carbocycles. The third-order valence-electron chi connectivity index (χ3n) is 13.2. The molecule has 0 amide bonds. The van der Waals surface area contributed by atoms with Crippen LogP contribution in [-0.4, -0.2) is 5.71 Å². The van der Waals surface area contributed by atoms with Crippen molar-refractivity contribution in [3.05, 3.63) is 275 Å². The standard InChI is InChI=1S/C59H42N2O/c1-3-16-39(17-4-1)54-38-55(61-58(60-54)40-18-5-2-6-19-40)47-25-15-24-45(36-47)43-22-13-20-41(34-43)42-21-14-23-44(35-42)46-32-33-49-48-26-7-8-27-50(48)59(53(49)37-46)51-28-9-11-30-56(51)62-57-31-12-10-29-52(57)59/h1-36,38,46,58,61H,37H2. The SMILES string of the molecule is C1=CC(c2cccc(-c3cccc(-c4cccc(C5=CC(c6ccccc6)=NC(c6ccccc6)N5)c4)c3)c2)CC2=C1c1ccccc1C21c2ccccc2Oc2ccccc21. The Balaban J connectivity index is 0.874.